The minimum Gasteiger partial charge on any atom is -0.357 e. The van der Waals surface area contributed by atoms with Gasteiger partial charge in [-0.3, -0.25) is 4.90 Å². The zero-order valence-corrected chi connectivity index (χ0v) is 16.1. The molecular formula is C19H21F3N6O. The highest BCUT2D eigenvalue weighted by molar-refractivity contribution is 5.81. The topological polar surface area (TPSA) is 80.0 Å². The van der Waals surface area contributed by atoms with E-state index in [4.69, 9.17) is 4.52 Å². The Morgan fingerprint density at radius 2 is 2.03 bits per heavy atom. The van der Waals surface area contributed by atoms with Crippen LogP contribution in [-0.2, 0) is 12.7 Å². The molecule has 1 aliphatic heterocycles. The molecule has 0 bridgehead atoms. The zero-order valence-electron chi connectivity index (χ0n) is 16.1. The molecule has 1 unspecified atom stereocenters. The number of hydrogen-bond acceptors (Lipinski definition) is 7. The number of likely N-dealkylation sites (tertiary alicyclic amines) is 1. The number of pyridine rings is 1. The third-order valence-electron chi connectivity index (χ3n) is 5.13. The molecule has 1 saturated heterocycles. The number of nitrogens with zero attached hydrogens (tertiary/aromatic N) is 5. The van der Waals surface area contributed by atoms with Gasteiger partial charge in [0.2, 0.25) is 5.95 Å². The number of halogens is 3. The SMILES string of the molecule is CNc1ncc(CN2CCCC(c3noc4nc(C)cc(C(F)(F)F)c34)C2)cn1. The highest BCUT2D eigenvalue weighted by Crippen LogP contribution is 2.40. The average molecular weight is 406 g/mol. The summed E-state index contributed by atoms with van der Waals surface area (Å²) < 4.78 is 46.1. The second kappa shape index (κ2) is 7.58. The lowest BCUT2D eigenvalue weighted by molar-refractivity contribution is -0.136. The van der Waals surface area contributed by atoms with Crippen LogP contribution in [0.2, 0.25) is 0 Å². The van der Waals surface area contributed by atoms with Gasteiger partial charge in [-0.25, -0.2) is 15.0 Å². The third-order valence-corrected chi connectivity index (χ3v) is 5.13. The number of rotatable bonds is 4. The van der Waals surface area contributed by atoms with Crippen LogP contribution in [0.25, 0.3) is 11.1 Å². The molecule has 0 amide bonds. The maximum absolute atomic E-state index is 13.6. The van der Waals surface area contributed by atoms with E-state index in [0.717, 1.165) is 31.0 Å². The van der Waals surface area contributed by atoms with Crippen molar-refractivity contribution in [2.45, 2.75) is 38.4 Å². The van der Waals surface area contributed by atoms with E-state index < -0.39 is 11.7 Å². The summed E-state index contributed by atoms with van der Waals surface area (Å²) >= 11 is 0. The Hall–Kier alpha value is -2.75. The van der Waals surface area contributed by atoms with E-state index in [2.05, 4.69) is 30.3 Å². The predicted molar refractivity (Wildman–Crippen MR) is 100 cm³/mol. The summed E-state index contributed by atoms with van der Waals surface area (Å²) in [6, 6.07) is 1.06. The molecule has 4 heterocycles. The molecule has 3 aromatic heterocycles. The van der Waals surface area contributed by atoms with E-state index in [1.165, 1.54) is 6.92 Å². The first-order valence-electron chi connectivity index (χ1n) is 9.40. The van der Waals surface area contributed by atoms with Crippen LogP contribution in [-0.4, -0.2) is 45.1 Å². The van der Waals surface area contributed by atoms with Crippen molar-refractivity contribution < 1.29 is 17.7 Å². The molecule has 29 heavy (non-hydrogen) atoms. The standard InChI is InChI=1S/C19H21F3N6O/c1-11-6-14(19(20,21)22)15-16(27-29-17(15)26-11)13-4-3-5-28(10-13)9-12-7-24-18(23-2)25-8-12/h6-8,13H,3-5,9-10H2,1-2H3,(H,23,24,25). The van der Waals surface area contributed by atoms with E-state index in [9.17, 15) is 13.2 Å². The Kier molecular flexibility index (Phi) is 5.12. The van der Waals surface area contributed by atoms with Crippen molar-refractivity contribution in [1.29, 1.82) is 0 Å². The fourth-order valence-corrected chi connectivity index (χ4v) is 3.84. The van der Waals surface area contributed by atoms with Crippen molar-refractivity contribution in [2.24, 2.45) is 0 Å². The number of piperidine rings is 1. The van der Waals surface area contributed by atoms with Crippen LogP contribution in [0.3, 0.4) is 0 Å². The molecule has 0 aromatic carbocycles. The first kappa shape index (κ1) is 19.6. The summed E-state index contributed by atoms with van der Waals surface area (Å²) in [5, 5.41) is 6.85. The summed E-state index contributed by atoms with van der Waals surface area (Å²) in [6.07, 6.45) is 0.616. The molecule has 1 atom stereocenters. The molecule has 10 heteroatoms. The average Bonchev–Trinajstić information content (AvgIpc) is 3.11. The van der Waals surface area contributed by atoms with Crippen molar-refractivity contribution >= 4 is 17.0 Å². The smallest absolute Gasteiger partial charge is 0.357 e. The maximum atomic E-state index is 13.6. The Morgan fingerprint density at radius 1 is 1.28 bits per heavy atom. The Balaban J connectivity index is 1.60. The molecule has 1 N–H and O–H groups in total. The molecule has 0 spiro atoms. The lowest BCUT2D eigenvalue weighted by atomic mass is 9.91. The van der Waals surface area contributed by atoms with Gasteiger partial charge in [-0.1, -0.05) is 5.16 Å². The van der Waals surface area contributed by atoms with E-state index in [1.54, 1.807) is 19.4 Å². The van der Waals surface area contributed by atoms with Gasteiger partial charge in [0.1, 0.15) is 0 Å². The quantitative estimate of drug-likeness (QED) is 0.707. The largest absolute Gasteiger partial charge is 0.417 e. The molecule has 3 aromatic rings. The Labute approximate surface area is 165 Å². The van der Waals surface area contributed by atoms with Crippen molar-refractivity contribution in [2.75, 3.05) is 25.5 Å². The minimum atomic E-state index is -4.49. The van der Waals surface area contributed by atoms with E-state index in [1.807, 2.05) is 0 Å². The van der Waals surface area contributed by atoms with E-state index >= 15 is 0 Å². The van der Waals surface area contributed by atoms with Crippen molar-refractivity contribution in [1.82, 2.24) is 25.0 Å². The lowest BCUT2D eigenvalue weighted by Crippen LogP contribution is -2.34. The number of fused-ring (bicyclic) bond motifs is 1. The van der Waals surface area contributed by atoms with Gasteiger partial charge in [0.15, 0.2) is 0 Å². The molecule has 1 fully saturated rings. The molecule has 0 radical (unpaired) electrons. The summed E-state index contributed by atoms with van der Waals surface area (Å²) in [4.78, 5) is 14.7. The molecule has 0 aliphatic carbocycles. The first-order chi connectivity index (χ1) is 13.8. The zero-order chi connectivity index (χ0) is 20.6. The Morgan fingerprint density at radius 3 is 2.72 bits per heavy atom. The van der Waals surface area contributed by atoms with Gasteiger partial charge in [0.05, 0.1) is 16.6 Å². The van der Waals surface area contributed by atoms with Crippen molar-refractivity contribution in [3.05, 3.63) is 41.0 Å². The monoisotopic (exact) mass is 406 g/mol. The summed E-state index contributed by atoms with van der Waals surface area (Å²) in [7, 11) is 1.75. The van der Waals surface area contributed by atoms with Gasteiger partial charge in [-0.15, -0.1) is 0 Å². The predicted octanol–water partition coefficient (Wildman–Crippen LogP) is 3.76. The highest BCUT2D eigenvalue weighted by Gasteiger charge is 2.37. The number of aromatic nitrogens is 4. The van der Waals surface area contributed by atoms with E-state index in [0.29, 0.717) is 24.7 Å². The van der Waals surface area contributed by atoms with E-state index in [-0.39, 0.29) is 22.7 Å². The third kappa shape index (κ3) is 4.02. The molecule has 7 nitrogen and oxygen atoms in total. The molecule has 0 saturated carbocycles. The fraction of sp³-hybridized carbons (Fsp3) is 0.474. The fourth-order valence-electron chi connectivity index (χ4n) is 3.84. The number of aryl methyl sites for hydroxylation is 1. The molecule has 154 valence electrons. The van der Waals surface area contributed by atoms with Crippen LogP contribution in [0.15, 0.2) is 23.0 Å². The first-order valence-corrected chi connectivity index (χ1v) is 9.40. The molecular weight excluding hydrogens is 385 g/mol. The normalized spacial score (nSPS) is 18.3. The number of anilines is 1. The van der Waals surface area contributed by atoms with Gasteiger partial charge in [0.25, 0.3) is 5.71 Å². The maximum Gasteiger partial charge on any atom is 0.417 e. The number of alkyl halides is 3. The van der Waals surface area contributed by atoms with Gasteiger partial charge in [-0.2, -0.15) is 13.2 Å². The summed E-state index contributed by atoms with van der Waals surface area (Å²) in [5.74, 6) is 0.384. The summed E-state index contributed by atoms with van der Waals surface area (Å²) in [5.41, 5.74) is 0.752. The van der Waals surface area contributed by atoms with Crippen LogP contribution in [0.1, 0.15) is 41.3 Å². The van der Waals surface area contributed by atoms with Crippen LogP contribution in [0, 0.1) is 6.92 Å². The van der Waals surface area contributed by atoms with Crippen LogP contribution in [0.4, 0.5) is 19.1 Å². The molecule has 4 rings (SSSR count). The minimum absolute atomic E-state index is 0.0170. The number of nitrogens with one attached hydrogen (secondary N) is 1. The Bertz CT molecular complexity index is 1000. The lowest BCUT2D eigenvalue weighted by Gasteiger charge is -2.31. The van der Waals surface area contributed by atoms with Gasteiger partial charge in [-0.05, 0) is 32.4 Å². The van der Waals surface area contributed by atoms with Crippen molar-refractivity contribution in [3.8, 4) is 0 Å². The van der Waals surface area contributed by atoms with Gasteiger partial charge >= 0.3 is 6.18 Å². The highest BCUT2D eigenvalue weighted by atomic mass is 19.4. The molecule has 1 aliphatic rings. The van der Waals surface area contributed by atoms with Gasteiger partial charge in [0, 0.05) is 49.7 Å². The van der Waals surface area contributed by atoms with Crippen LogP contribution >= 0.6 is 0 Å². The summed E-state index contributed by atoms with van der Waals surface area (Å²) in [6.45, 7) is 3.57. The van der Waals surface area contributed by atoms with Gasteiger partial charge < -0.3 is 9.84 Å². The van der Waals surface area contributed by atoms with Crippen LogP contribution < -0.4 is 5.32 Å². The second-order valence-electron chi connectivity index (χ2n) is 7.30. The second-order valence-corrected chi connectivity index (χ2v) is 7.30. The van der Waals surface area contributed by atoms with Crippen LogP contribution in [0.5, 0.6) is 0 Å². The number of hydrogen-bond donors (Lipinski definition) is 1. The van der Waals surface area contributed by atoms with Crippen molar-refractivity contribution in [3.63, 3.8) is 0 Å².